The molecule has 0 aromatic rings. The van der Waals surface area contributed by atoms with Gasteiger partial charge in [-0.05, 0) is 56.8 Å². The monoisotopic (exact) mass is 236 g/mol. The fraction of sp³-hybridized carbons (Fsp3) is 0.933. The van der Waals surface area contributed by atoms with Crippen LogP contribution in [0, 0.1) is 28.6 Å². The van der Waals surface area contributed by atoms with Crippen LogP contribution in [0.4, 0.5) is 0 Å². The topological polar surface area (TPSA) is 35.8 Å². The van der Waals surface area contributed by atoms with Crippen LogP contribution in [0.1, 0.15) is 60.3 Å². The van der Waals surface area contributed by atoms with E-state index >= 15 is 0 Å². The Morgan fingerprint density at radius 1 is 1.12 bits per heavy atom. The summed E-state index contributed by atoms with van der Waals surface area (Å²) in [6.07, 6.45) is 4.98. The maximum atomic E-state index is 9.24. The van der Waals surface area contributed by atoms with Crippen LogP contribution in [0.3, 0.4) is 0 Å². The normalized spacial score (nSPS) is 27.8. The molecule has 1 aliphatic carbocycles. The van der Waals surface area contributed by atoms with Gasteiger partial charge in [0.1, 0.15) is 0 Å². The molecule has 0 heterocycles. The maximum Gasteiger partial charge on any atom is 0.0983 e. The first-order valence-corrected chi connectivity index (χ1v) is 7.00. The van der Waals surface area contributed by atoms with E-state index in [1.807, 2.05) is 0 Å². The lowest BCUT2D eigenvalue weighted by Crippen LogP contribution is -2.41. The van der Waals surface area contributed by atoms with Crippen LogP contribution in [-0.4, -0.2) is 12.1 Å². The fourth-order valence-corrected chi connectivity index (χ4v) is 2.96. The zero-order valence-electron chi connectivity index (χ0n) is 12.1. The van der Waals surface area contributed by atoms with Gasteiger partial charge in [-0.2, -0.15) is 5.26 Å². The van der Waals surface area contributed by atoms with Crippen LogP contribution in [0.2, 0.25) is 0 Å². The standard InChI is InChI=1S/C15H28N2/c1-11(2)17-14(10-16)12-6-8-13(9-7-12)15(3,4)5/h11-14,17H,6-9H2,1-5H3. The van der Waals surface area contributed by atoms with Gasteiger partial charge in [-0.3, -0.25) is 5.32 Å². The minimum atomic E-state index is 0.0518. The molecule has 2 heteroatoms. The highest BCUT2D eigenvalue weighted by atomic mass is 14.9. The number of nitrogens with zero attached hydrogens (tertiary/aromatic N) is 1. The molecular weight excluding hydrogens is 208 g/mol. The van der Waals surface area contributed by atoms with Gasteiger partial charge in [-0.25, -0.2) is 0 Å². The van der Waals surface area contributed by atoms with Crippen LogP contribution in [-0.2, 0) is 0 Å². The van der Waals surface area contributed by atoms with E-state index < -0.39 is 0 Å². The average Bonchev–Trinajstić information content (AvgIpc) is 2.24. The molecule has 1 rings (SSSR count). The van der Waals surface area contributed by atoms with Crippen molar-refractivity contribution in [2.24, 2.45) is 17.3 Å². The molecule has 0 aliphatic heterocycles. The van der Waals surface area contributed by atoms with E-state index in [4.69, 9.17) is 0 Å². The molecule has 0 saturated heterocycles. The van der Waals surface area contributed by atoms with Gasteiger partial charge in [0.2, 0.25) is 0 Å². The minimum Gasteiger partial charge on any atom is -0.299 e. The highest BCUT2D eigenvalue weighted by molar-refractivity contribution is 4.97. The summed E-state index contributed by atoms with van der Waals surface area (Å²) in [7, 11) is 0. The predicted molar refractivity (Wildman–Crippen MR) is 72.6 cm³/mol. The Kier molecular flexibility index (Phi) is 5.01. The number of rotatable bonds is 3. The second-order valence-corrected chi connectivity index (χ2v) is 6.91. The summed E-state index contributed by atoms with van der Waals surface area (Å²) in [6, 6.07) is 2.90. The highest BCUT2D eigenvalue weighted by Crippen LogP contribution is 2.40. The third-order valence-corrected chi connectivity index (χ3v) is 4.12. The Hall–Kier alpha value is -0.550. The van der Waals surface area contributed by atoms with Gasteiger partial charge in [0.05, 0.1) is 12.1 Å². The first-order valence-electron chi connectivity index (χ1n) is 7.00. The van der Waals surface area contributed by atoms with Crippen molar-refractivity contribution in [3.8, 4) is 6.07 Å². The summed E-state index contributed by atoms with van der Waals surface area (Å²) < 4.78 is 0. The lowest BCUT2D eigenvalue weighted by Gasteiger charge is -2.38. The molecule has 1 unspecified atom stereocenters. The summed E-state index contributed by atoms with van der Waals surface area (Å²) in [4.78, 5) is 0. The molecule has 1 aliphatic rings. The van der Waals surface area contributed by atoms with Crippen molar-refractivity contribution in [3.63, 3.8) is 0 Å². The van der Waals surface area contributed by atoms with Crippen molar-refractivity contribution in [3.05, 3.63) is 0 Å². The number of hydrogen-bond acceptors (Lipinski definition) is 2. The van der Waals surface area contributed by atoms with Gasteiger partial charge in [0.15, 0.2) is 0 Å². The van der Waals surface area contributed by atoms with Crippen LogP contribution >= 0.6 is 0 Å². The second kappa shape index (κ2) is 5.87. The van der Waals surface area contributed by atoms with E-state index in [1.165, 1.54) is 25.7 Å². The second-order valence-electron chi connectivity index (χ2n) is 6.91. The lowest BCUT2D eigenvalue weighted by atomic mass is 9.68. The summed E-state index contributed by atoms with van der Waals surface area (Å²) in [6.45, 7) is 11.3. The smallest absolute Gasteiger partial charge is 0.0983 e. The van der Waals surface area contributed by atoms with E-state index in [1.54, 1.807) is 0 Å². The number of hydrogen-bond donors (Lipinski definition) is 1. The quantitative estimate of drug-likeness (QED) is 0.810. The predicted octanol–water partition coefficient (Wildman–Crippen LogP) is 3.73. The molecule has 17 heavy (non-hydrogen) atoms. The van der Waals surface area contributed by atoms with Gasteiger partial charge in [0, 0.05) is 6.04 Å². The van der Waals surface area contributed by atoms with E-state index in [2.05, 4.69) is 46.0 Å². The molecule has 1 saturated carbocycles. The van der Waals surface area contributed by atoms with Crippen molar-refractivity contribution < 1.29 is 0 Å². The zero-order chi connectivity index (χ0) is 13.1. The third kappa shape index (κ3) is 4.32. The van der Waals surface area contributed by atoms with Crippen LogP contribution in [0.15, 0.2) is 0 Å². The third-order valence-electron chi connectivity index (χ3n) is 4.12. The molecule has 0 bridgehead atoms. The molecule has 2 nitrogen and oxygen atoms in total. The van der Waals surface area contributed by atoms with Crippen molar-refractivity contribution in [2.75, 3.05) is 0 Å². The molecule has 0 amide bonds. The zero-order valence-corrected chi connectivity index (χ0v) is 12.1. The van der Waals surface area contributed by atoms with Crippen LogP contribution < -0.4 is 5.32 Å². The molecule has 1 fully saturated rings. The highest BCUT2D eigenvalue weighted by Gasteiger charge is 2.32. The number of nitrogens with one attached hydrogen (secondary N) is 1. The first kappa shape index (κ1) is 14.5. The summed E-state index contributed by atoms with van der Waals surface area (Å²) in [5.41, 5.74) is 0.429. The fourth-order valence-electron chi connectivity index (χ4n) is 2.96. The van der Waals surface area contributed by atoms with Gasteiger partial charge >= 0.3 is 0 Å². The Morgan fingerprint density at radius 3 is 2.00 bits per heavy atom. The molecular formula is C15H28N2. The van der Waals surface area contributed by atoms with Crippen molar-refractivity contribution >= 4 is 0 Å². The molecule has 0 aromatic carbocycles. The van der Waals surface area contributed by atoms with Crippen LogP contribution in [0.5, 0.6) is 0 Å². The Balaban J connectivity index is 2.48. The van der Waals surface area contributed by atoms with E-state index in [9.17, 15) is 5.26 Å². The Morgan fingerprint density at radius 2 is 1.65 bits per heavy atom. The summed E-state index contributed by atoms with van der Waals surface area (Å²) in [5.74, 6) is 1.39. The van der Waals surface area contributed by atoms with E-state index in [-0.39, 0.29) is 6.04 Å². The minimum absolute atomic E-state index is 0.0518. The van der Waals surface area contributed by atoms with Gasteiger partial charge < -0.3 is 0 Å². The molecule has 1 N–H and O–H groups in total. The van der Waals surface area contributed by atoms with Gasteiger partial charge in [-0.15, -0.1) is 0 Å². The number of nitriles is 1. The van der Waals surface area contributed by atoms with E-state index in [0.717, 1.165) is 5.92 Å². The SMILES string of the molecule is CC(C)NC(C#N)C1CCC(C(C)(C)C)CC1. The molecule has 98 valence electrons. The first-order chi connectivity index (χ1) is 7.84. The summed E-state index contributed by atoms with van der Waals surface area (Å²) in [5, 5.41) is 12.6. The van der Waals surface area contributed by atoms with Crippen LogP contribution in [0.25, 0.3) is 0 Å². The van der Waals surface area contributed by atoms with Crippen molar-refractivity contribution in [1.29, 1.82) is 5.26 Å². The van der Waals surface area contributed by atoms with Crippen molar-refractivity contribution in [2.45, 2.75) is 72.4 Å². The van der Waals surface area contributed by atoms with E-state index in [0.29, 0.717) is 17.4 Å². The Bertz CT molecular complexity index is 262. The molecule has 0 aromatic heterocycles. The molecule has 1 atom stereocenters. The van der Waals surface area contributed by atoms with Gasteiger partial charge in [-0.1, -0.05) is 20.8 Å². The van der Waals surface area contributed by atoms with Crippen molar-refractivity contribution in [1.82, 2.24) is 5.32 Å². The average molecular weight is 236 g/mol. The maximum absolute atomic E-state index is 9.24. The molecule has 0 radical (unpaired) electrons. The molecule has 0 spiro atoms. The Labute approximate surface area is 107 Å². The lowest BCUT2D eigenvalue weighted by molar-refractivity contribution is 0.139. The van der Waals surface area contributed by atoms with Gasteiger partial charge in [0.25, 0.3) is 0 Å². The summed E-state index contributed by atoms with van der Waals surface area (Å²) >= 11 is 0. The largest absolute Gasteiger partial charge is 0.299 e.